The van der Waals surface area contributed by atoms with Crippen LogP contribution < -0.4 is 14.9 Å². The lowest BCUT2D eigenvalue weighted by molar-refractivity contribution is -0.138. The average molecular weight is 726 g/mol. The lowest BCUT2D eigenvalue weighted by Crippen LogP contribution is -2.40. The van der Waals surface area contributed by atoms with Crippen molar-refractivity contribution in [2.24, 2.45) is 4.99 Å². The second-order valence-electron chi connectivity index (χ2n) is 13.5. The van der Waals surface area contributed by atoms with Gasteiger partial charge >= 0.3 is 5.97 Å². The molecule has 1 aliphatic rings. The van der Waals surface area contributed by atoms with Crippen molar-refractivity contribution in [3.05, 3.63) is 199 Å². The van der Waals surface area contributed by atoms with Crippen LogP contribution in [0.15, 0.2) is 167 Å². The van der Waals surface area contributed by atoms with Crippen molar-refractivity contribution < 1.29 is 9.53 Å². The summed E-state index contributed by atoms with van der Waals surface area (Å²) in [6.07, 6.45) is 1.98. The maximum Gasteiger partial charge on any atom is 0.338 e. The Morgan fingerprint density at radius 3 is 1.94 bits per heavy atom. The molecule has 0 amide bonds. The minimum atomic E-state index is -0.749. The Morgan fingerprint density at radius 1 is 0.778 bits per heavy atom. The molecule has 0 radical (unpaired) electrons. The number of rotatable bonds is 9. The van der Waals surface area contributed by atoms with Crippen LogP contribution in [0.3, 0.4) is 0 Å². The van der Waals surface area contributed by atoms with Crippen LogP contribution in [-0.2, 0) is 9.53 Å². The monoisotopic (exact) mass is 725 g/mol. The minimum Gasteiger partial charge on any atom is -0.463 e. The van der Waals surface area contributed by atoms with Crippen molar-refractivity contribution in [3.63, 3.8) is 0 Å². The van der Waals surface area contributed by atoms with E-state index in [4.69, 9.17) is 9.73 Å². The third kappa shape index (κ3) is 6.48. The van der Waals surface area contributed by atoms with Crippen molar-refractivity contribution in [1.29, 1.82) is 0 Å². The highest BCUT2D eigenvalue weighted by molar-refractivity contribution is 7.07. The van der Waals surface area contributed by atoms with E-state index in [1.807, 2.05) is 103 Å². The molecule has 6 nitrogen and oxygen atoms in total. The molecule has 0 N–H and O–H groups in total. The summed E-state index contributed by atoms with van der Waals surface area (Å²) in [5.74, 6) is -0.171. The molecule has 266 valence electrons. The van der Waals surface area contributed by atoms with Crippen molar-refractivity contribution in [2.75, 3.05) is 6.61 Å². The van der Waals surface area contributed by atoms with Gasteiger partial charge < -0.3 is 9.30 Å². The molecule has 2 aromatic heterocycles. The number of hydrogen-bond acceptors (Lipinski definition) is 5. The third-order valence-corrected chi connectivity index (χ3v) is 10.7. The van der Waals surface area contributed by atoms with Gasteiger partial charge in [-0.2, -0.15) is 0 Å². The lowest BCUT2D eigenvalue weighted by Gasteiger charge is -2.26. The van der Waals surface area contributed by atoms with Crippen LogP contribution in [-0.4, -0.2) is 21.7 Å². The van der Waals surface area contributed by atoms with Gasteiger partial charge in [0.2, 0.25) is 0 Å². The molecule has 0 fully saturated rings. The summed E-state index contributed by atoms with van der Waals surface area (Å²) in [6, 6.07) is 50.1. The number of hydrogen-bond donors (Lipinski definition) is 0. The molecule has 1 atom stereocenters. The predicted octanol–water partition coefficient (Wildman–Crippen LogP) is 9.18. The van der Waals surface area contributed by atoms with E-state index in [2.05, 4.69) is 73.0 Å². The van der Waals surface area contributed by atoms with E-state index in [0.717, 1.165) is 44.9 Å². The topological polar surface area (TPSA) is 65.6 Å². The Hall–Kier alpha value is -6.31. The summed E-state index contributed by atoms with van der Waals surface area (Å²) in [4.78, 5) is 34.5. The molecule has 5 aromatic carbocycles. The Bertz CT molecular complexity index is 2660. The van der Waals surface area contributed by atoms with Crippen LogP contribution in [0.1, 0.15) is 55.0 Å². The van der Waals surface area contributed by atoms with Gasteiger partial charge in [-0.3, -0.25) is 9.36 Å². The molecule has 7 aromatic rings. The molecule has 0 spiro atoms. The number of para-hydroxylation sites is 1. The Balaban J connectivity index is 1.42. The van der Waals surface area contributed by atoms with Crippen molar-refractivity contribution in [3.8, 4) is 28.2 Å². The number of fused-ring (bicyclic) bond motifs is 1. The van der Waals surface area contributed by atoms with E-state index >= 15 is 0 Å². The van der Waals surface area contributed by atoms with Gasteiger partial charge in [-0.05, 0) is 59.4 Å². The molecule has 0 unspecified atom stereocenters. The first kappa shape index (κ1) is 34.8. The molecule has 0 saturated heterocycles. The maximum atomic E-state index is 14.9. The summed E-state index contributed by atoms with van der Waals surface area (Å²) in [7, 11) is 0. The standard InChI is InChI=1S/C47H39N3O3S/c1-4-53-46(52)41-42(34-19-11-6-12-20-34)48-47-50(44(41)36-27-25-32(26-28-36)31(2)3)45(51)40(54-47)30-37-29-39(33-17-9-5-10-18-33)49(38-23-15-8-16-24-38)43(37)35-21-13-7-14-22-35/h5-31,44H,4H2,1-3H3/b40-30-/t44-/m1/s1. The number of benzene rings is 5. The van der Waals surface area contributed by atoms with Crippen LogP contribution in [0.4, 0.5) is 0 Å². The lowest BCUT2D eigenvalue weighted by atomic mass is 9.91. The van der Waals surface area contributed by atoms with Gasteiger partial charge in [0.15, 0.2) is 4.80 Å². The number of thiazole rings is 1. The van der Waals surface area contributed by atoms with Crippen LogP contribution in [0.25, 0.3) is 40.0 Å². The fourth-order valence-corrected chi connectivity index (χ4v) is 8.15. The second kappa shape index (κ2) is 15.0. The number of ether oxygens (including phenoxy) is 1. The number of aromatic nitrogens is 2. The van der Waals surface area contributed by atoms with Crippen molar-refractivity contribution in [2.45, 2.75) is 32.7 Å². The number of esters is 1. The molecule has 0 saturated carbocycles. The molecule has 0 bridgehead atoms. The Labute approximate surface area is 318 Å². The average Bonchev–Trinajstić information content (AvgIpc) is 3.75. The van der Waals surface area contributed by atoms with E-state index in [9.17, 15) is 9.59 Å². The highest BCUT2D eigenvalue weighted by atomic mass is 32.1. The van der Waals surface area contributed by atoms with Gasteiger partial charge in [-0.25, -0.2) is 9.79 Å². The maximum absolute atomic E-state index is 14.9. The largest absolute Gasteiger partial charge is 0.463 e. The minimum absolute atomic E-state index is 0.193. The van der Waals surface area contributed by atoms with Crippen LogP contribution in [0.2, 0.25) is 0 Å². The van der Waals surface area contributed by atoms with E-state index in [-0.39, 0.29) is 12.2 Å². The highest BCUT2D eigenvalue weighted by Crippen LogP contribution is 2.38. The molecule has 8 rings (SSSR count). The fourth-order valence-electron chi connectivity index (χ4n) is 7.16. The van der Waals surface area contributed by atoms with Crippen LogP contribution in [0, 0.1) is 0 Å². The molecule has 54 heavy (non-hydrogen) atoms. The zero-order chi connectivity index (χ0) is 37.2. The van der Waals surface area contributed by atoms with Gasteiger partial charge in [-0.1, -0.05) is 159 Å². The Kier molecular flexibility index (Phi) is 9.64. The molecular formula is C47H39N3O3S. The van der Waals surface area contributed by atoms with Crippen molar-refractivity contribution in [1.82, 2.24) is 9.13 Å². The quantitative estimate of drug-likeness (QED) is 0.140. The molecule has 1 aliphatic heterocycles. The van der Waals surface area contributed by atoms with Gasteiger partial charge in [0.25, 0.3) is 5.56 Å². The van der Waals surface area contributed by atoms with Gasteiger partial charge in [-0.15, -0.1) is 0 Å². The third-order valence-electron chi connectivity index (χ3n) is 9.74. The molecule has 7 heteroatoms. The summed E-state index contributed by atoms with van der Waals surface area (Å²) in [5.41, 5.74) is 9.30. The van der Waals surface area contributed by atoms with Gasteiger partial charge in [0, 0.05) is 16.8 Å². The summed E-state index contributed by atoms with van der Waals surface area (Å²) < 4.78 is 10.1. The van der Waals surface area contributed by atoms with Crippen molar-refractivity contribution >= 4 is 29.1 Å². The highest BCUT2D eigenvalue weighted by Gasteiger charge is 2.35. The summed E-state index contributed by atoms with van der Waals surface area (Å²) >= 11 is 1.33. The summed E-state index contributed by atoms with van der Waals surface area (Å²) in [6.45, 7) is 6.28. The molecule has 3 heterocycles. The first-order chi connectivity index (χ1) is 26.4. The molecule has 0 aliphatic carbocycles. The van der Waals surface area contributed by atoms with E-state index in [1.54, 1.807) is 11.5 Å². The van der Waals surface area contributed by atoms with E-state index in [0.29, 0.717) is 26.5 Å². The van der Waals surface area contributed by atoms with Gasteiger partial charge in [0.05, 0.1) is 39.8 Å². The zero-order valence-corrected chi connectivity index (χ0v) is 31.2. The number of nitrogens with zero attached hydrogens (tertiary/aromatic N) is 3. The number of carbonyl (C=O) groups excluding carboxylic acids is 1. The zero-order valence-electron chi connectivity index (χ0n) is 30.3. The van der Waals surface area contributed by atoms with E-state index in [1.165, 1.54) is 16.9 Å². The Morgan fingerprint density at radius 2 is 1.35 bits per heavy atom. The van der Waals surface area contributed by atoms with Crippen LogP contribution >= 0.6 is 11.3 Å². The van der Waals surface area contributed by atoms with Gasteiger partial charge in [0.1, 0.15) is 0 Å². The first-order valence-electron chi connectivity index (χ1n) is 18.2. The van der Waals surface area contributed by atoms with E-state index < -0.39 is 12.0 Å². The number of carbonyl (C=O) groups is 1. The predicted molar refractivity (Wildman–Crippen MR) is 218 cm³/mol. The fraction of sp³-hybridized carbons (Fsp3) is 0.128. The molecular weight excluding hydrogens is 687 g/mol. The summed E-state index contributed by atoms with van der Waals surface area (Å²) in [5, 5.41) is 0. The SMILES string of the molecule is CCOC(=O)C1=C(c2ccccc2)N=c2s/c(=C\c3cc(-c4ccccc4)n(-c4ccccc4)c3-c3ccccc3)c(=O)n2[C@@H]1c1ccc(C(C)C)cc1. The second-order valence-corrected chi connectivity index (χ2v) is 14.5. The normalized spacial score (nSPS) is 14.2. The van der Waals surface area contributed by atoms with Crippen LogP contribution in [0.5, 0.6) is 0 Å². The smallest absolute Gasteiger partial charge is 0.338 e. The first-order valence-corrected chi connectivity index (χ1v) is 19.0.